The summed E-state index contributed by atoms with van der Waals surface area (Å²) in [6.45, 7) is 6.84. The number of allylic oxidation sites excluding steroid dienone is 2. The van der Waals surface area contributed by atoms with Crippen molar-refractivity contribution < 1.29 is 19.4 Å². The van der Waals surface area contributed by atoms with Gasteiger partial charge in [-0.15, -0.1) is 0 Å². The first kappa shape index (κ1) is 17.2. The summed E-state index contributed by atoms with van der Waals surface area (Å²) >= 11 is 0. The fourth-order valence-corrected chi connectivity index (χ4v) is 5.53. The van der Waals surface area contributed by atoms with Crippen LogP contribution in [-0.4, -0.2) is 23.7 Å². The molecule has 0 aromatic carbocycles. The molecule has 1 N–H and O–H groups in total. The van der Waals surface area contributed by atoms with Gasteiger partial charge in [-0.2, -0.15) is 0 Å². The highest BCUT2D eigenvalue weighted by Crippen LogP contribution is 2.60. The van der Waals surface area contributed by atoms with Gasteiger partial charge in [0.05, 0.1) is 5.41 Å². The highest BCUT2D eigenvalue weighted by atomic mass is 16.5. The predicted molar refractivity (Wildman–Crippen MR) is 91.3 cm³/mol. The normalized spacial score (nSPS) is 38.9. The number of carbonyl (C=O) groups excluding carboxylic acids is 1. The van der Waals surface area contributed by atoms with E-state index in [0.717, 1.165) is 44.1 Å². The molecular weight excluding hydrogens is 304 g/mol. The Labute approximate surface area is 144 Å². The molecule has 3 aliphatic rings. The van der Waals surface area contributed by atoms with Gasteiger partial charge >= 0.3 is 11.9 Å². The molecule has 1 saturated carbocycles. The van der Waals surface area contributed by atoms with E-state index in [1.807, 2.05) is 6.92 Å². The third kappa shape index (κ3) is 2.70. The first-order valence-electron chi connectivity index (χ1n) is 9.03. The third-order valence-corrected chi connectivity index (χ3v) is 6.96. The van der Waals surface area contributed by atoms with Gasteiger partial charge in [-0.3, -0.25) is 4.79 Å². The van der Waals surface area contributed by atoms with Gasteiger partial charge in [0.2, 0.25) is 0 Å². The minimum absolute atomic E-state index is 0.0221. The molecule has 4 nitrogen and oxygen atoms in total. The predicted octanol–water partition coefficient (Wildman–Crippen LogP) is 4.11. The number of aliphatic carboxylic acids is 1. The molecular formula is C20H28O4. The number of carboxylic acids is 1. The summed E-state index contributed by atoms with van der Waals surface area (Å²) in [5.41, 5.74) is 1.84. The average Bonchev–Trinajstić information content (AvgIpc) is 2.91. The Hall–Kier alpha value is -1.58. The number of carboxylic acid groups (broad SMARTS) is 1. The highest BCUT2D eigenvalue weighted by Gasteiger charge is 2.56. The van der Waals surface area contributed by atoms with Crippen LogP contribution in [0.5, 0.6) is 0 Å². The Bertz CT molecular complexity index is 617. The summed E-state index contributed by atoms with van der Waals surface area (Å²) < 4.78 is 5.00. The second-order valence-electron chi connectivity index (χ2n) is 8.32. The van der Waals surface area contributed by atoms with Gasteiger partial charge in [0, 0.05) is 6.08 Å². The first-order chi connectivity index (χ1) is 11.3. The number of hydrogen-bond donors (Lipinski definition) is 1. The van der Waals surface area contributed by atoms with E-state index in [0.29, 0.717) is 12.5 Å². The zero-order valence-corrected chi connectivity index (χ0v) is 14.9. The molecule has 4 heteroatoms. The lowest BCUT2D eigenvalue weighted by Crippen LogP contribution is -2.52. The molecule has 2 aliphatic carbocycles. The van der Waals surface area contributed by atoms with Crippen molar-refractivity contribution in [1.82, 2.24) is 0 Å². The molecule has 1 fully saturated rings. The van der Waals surface area contributed by atoms with E-state index >= 15 is 0 Å². The van der Waals surface area contributed by atoms with Crippen molar-refractivity contribution in [3.63, 3.8) is 0 Å². The lowest BCUT2D eigenvalue weighted by Gasteiger charge is -2.56. The maximum Gasteiger partial charge on any atom is 0.331 e. The van der Waals surface area contributed by atoms with E-state index in [9.17, 15) is 14.7 Å². The number of carbonyl (C=O) groups is 2. The van der Waals surface area contributed by atoms with Crippen LogP contribution in [-0.2, 0) is 14.3 Å². The maximum absolute atomic E-state index is 12.0. The largest absolute Gasteiger partial charge is 0.481 e. The van der Waals surface area contributed by atoms with Crippen LogP contribution in [0.1, 0.15) is 59.3 Å². The van der Waals surface area contributed by atoms with Crippen LogP contribution in [0.25, 0.3) is 0 Å². The monoisotopic (exact) mass is 332 g/mol. The SMILES string of the molecule is CC1=CC[C@@H]2[C@](C)(CCC[C@]2(C)C(=O)O)[C@H]1CCC1=CC(=O)OC1. The van der Waals surface area contributed by atoms with Crippen LogP contribution in [0, 0.1) is 22.7 Å². The topological polar surface area (TPSA) is 63.6 Å². The molecule has 24 heavy (non-hydrogen) atoms. The first-order valence-corrected chi connectivity index (χ1v) is 9.03. The summed E-state index contributed by atoms with van der Waals surface area (Å²) in [6, 6.07) is 0. The van der Waals surface area contributed by atoms with Crippen LogP contribution in [0.3, 0.4) is 0 Å². The minimum Gasteiger partial charge on any atom is -0.481 e. The minimum atomic E-state index is -0.650. The molecule has 0 unspecified atom stereocenters. The van der Waals surface area contributed by atoms with E-state index in [2.05, 4.69) is 19.9 Å². The molecule has 0 amide bonds. The molecule has 0 radical (unpaired) electrons. The lowest BCUT2D eigenvalue weighted by molar-refractivity contribution is -0.162. The van der Waals surface area contributed by atoms with Gasteiger partial charge in [0.25, 0.3) is 0 Å². The molecule has 1 heterocycles. The Morgan fingerprint density at radius 3 is 2.75 bits per heavy atom. The smallest absolute Gasteiger partial charge is 0.331 e. The lowest BCUT2D eigenvalue weighted by atomic mass is 9.47. The third-order valence-electron chi connectivity index (χ3n) is 6.96. The van der Waals surface area contributed by atoms with Crippen molar-refractivity contribution in [2.45, 2.75) is 59.3 Å². The Balaban J connectivity index is 1.84. The van der Waals surface area contributed by atoms with E-state index in [-0.39, 0.29) is 17.3 Å². The van der Waals surface area contributed by atoms with Gasteiger partial charge < -0.3 is 9.84 Å². The highest BCUT2D eigenvalue weighted by molar-refractivity contribution is 5.85. The number of cyclic esters (lactones) is 1. The number of fused-ring (bicyclic) bond motifs is 1. The second kappa shape index (κ2) is 6.05. The zero-order valence-electron chi connectivity index (χ0n) is 14.9. The molecule has 0 saturated heterocycles. The summed E-state index contributed by atoms with van der Waals surface area (Å²) in [4.78, 5) is 23.2. The van der Waals surface area contributed by atoms with E-state index in [4.69, 9.17) is 4.74 Å². The van der Waals surface area contributed by atoms with Gasteiger partial charge in [-0.25, -0.2) is 4.79 Å². The molecule has 0 bridgehead atoms. The molecule has 4 atom stereocenters. The van der Waals surface area contributed by atoms with Crippen LogP contribution in [0.4, 0.5) is 0 Å². The molecule has 1 aliphatic heterocycles. The zero-order chi connectivity index (χ0) is 17.5. The van der Waals surface area contributed by atoms with Crippen LogP contribution in [0.2, 0.25) is 0 Å². The van der Waals surface area contributed by atoms with Crippen LogP contribution in [0.15, 0.2) is 23.3 Å². The standard InChI is InChI=1S/C20H28O4/c1-13-5-8-16-19(2,9-4-10-20(16,3)18(22)23)15(13)7-6-14-11-17(21)24-12-14/h5,11,15-16H,4,6-10,12H2,1-3H3,(H,22,23)/t15-,16+,19+,20-/m0/s1. The average molecular weight is 332 g/mol. The van der Waals surface area contributed by atoms with E-state index in [1.165, 1.54) is 5.57 Å². The summed E-state index contributed by atoms with van der Waals surface area (Å²) in [5, 5.41) is 9.85. The van der Waals surface area contributed by atoms with E-state index in [1.54, 1.807) is 6.08 Å². The fraction of sp³-hybridized carbons (Fsp3) is 0.700. The molecule has 0 aromatic heterocycles. The molecule has 0 spiro atoms. The molecule has 0 aromatic rings. The van der Waals surface area contributed by atoms with Crippen molar-refractivity contribution >= 4 is 11.9 Å². The Morgan fingerprint density at radius 2 is 2.12 bits per heavy atom. The van der Waals surface area contributed by atoms with Crippen molar-refractivity contribution in [2.75, 3.05) is 6.61 Å². The second-order valence-corrected chi connectivity index (χ2v) is 8.32. The van der Waals surface area contributed by atoms with E-state index < -0.39 is 11.4 Å². The van der Waals surface area contributed by atoms with Gasteiger partial charge in [-0.05, 0) is 68.8 Å². The van der Waals surface area contributed by atoms with Crippen molar-refractivity contribution in [3.8, 4) is 0 Å². The summed E-state index contributed by atoms with van der Waals surface area (Å²) in [7, 11) is 0. The fourth-order valence-electron chi connectivity index (χ4n) is 5.53. The molecule has 3 rings (SSSR count). The number of hydrogen-bond acceptors (Lipinski definition) is 3. The Morgan fingerprint density at radius 1 is 1.38 bits per heavy atom. The number of rotatable bonds is 4. The van der Waals surface area contributed by atoms with Crippen molar-refractivity contribution in [1.29, 1.82) is 0 Å². The maximum atomic E-state index is 12.0. The summed E-state index contributed by atoms with van der Waals surface area (Å²) in [5.74, 6) is -0.323. The Kier molecular flexibility index (Phi) is 4.35. The van der Waals surface area contributed by atoms with Gasteiger partial charge in [-0.1, -0.05) is 25.0 Å². The van der Waals surface area contributed by atoms with Gasteiger partial charge in [0.15, 0.2) is 0 Å². The number of ether oxygens (including phenoxy) is 1. The van der Waals surface area contributed by atoms with Crippen molar-refractivity contribution in [2.24, 2.45) is 22.7 Å². The van der Waals surface area contributed by atoms with Crippen LogP contribution < -0.4 is 0 Å². The van der Waals surface area contributed by atoms with Gasteiger partial charge in [0.1, 0.15) is 6.61 Å². The number of esters is 1. The quantitative estimate of drug-likeness (QED) is 0.621. The molecule has 132 valence electrons. The van der Waals surface area contributed by atoms with Crippen LogP contribution >= 0.6 is 0 Å². The summed E-state index contributed by atoms with van der Waals surface area (Å²) in [6.07, 6.45) is 9.40. The van der Waals surface area contributed by atoms with Crippen molar-refractivity contribution in [3.05, 3.63) is 23.3 Å².